The molecule has 1 aliphatic rings. The molecule has 2 N–H and O–H groups in total. The van der Waals surface area contributed by atoms with Gasteiger partial charge in [-0.15, -0.1) is 0 Å². The maximum atomic E-state index is 12.1. The van der Waals surface area contributed by atoms with Crippen molar-refractivity contribution in [1.82, 2.24) is 25.4 Å². The van der Waals surface area contributed by atoms with Crippen LogP contribution in [0, 0.1) is 0 Å². The number of pyridine rings is 1. The highest BCUT2D eigenvalue weighted by Crippen LogP contribution is 2.33. The van der Waals surface area contributed by atoms with Crippen molar-refractivity contribution in [2.24, 2.45) is 0 Å². The van der Waals surface area contributed by atoms with Crippen LogP contribution in [0.5, 0.6) is 0 Å². The normalized spacial score (nSPS) is 15.6. The molecule has 0 aliphatic carbocycles. The predicted octanol–water partition coefficient (Wildman–Crippen LogP) is 2.24. The molecule has 0 spiro atoms. The first kappa shape index (κ1) is 15.6. The van der Waals surface area contributed by atoms with E-state index in [0.717, 1.165) is 48.2 Å². The zero-order valence-corrected chi connectivity index (χ0v) is 14.0. The number of nitrogens with one attached hydrogen (secondary N) is 2. The summed E-state index contributed by atoms with van der Waals surface area (Å²) in [4.78, 5) is 18.7. The molecule has 0 bridgehead atoms. The molecule has 8 heteroatoms. The Morgan fingerprint density at radius 2 is 2.08 bits per heavy atom. The Morgan fingerprint density at radius 3 is 2.88 bits per heavy atom. The van der Waals surface area contributed by atoms with Crippen LogP contribution >= 0.6 is 0 Å². The number of hydrogen-bond acceptors (Lipinski definition) is 6. The number of carbonyl (C=O) groups excluding carboxylic acids is 1. The SMILES string of the molecule is CCOC(=O)c1[nH]ncc1C1CCN(c2ccnc3[nH]ncc23)CC1. The number of aromatic nitrogens is 5. The minimum atomic E-state index is -0.327. The van der Waals surface area contributed by atoms with E-state index in [1.54, 1.807) is 19.3 Å². The molecule has 3 aromatic rings. The van der Waals surface area contributed by atoms with Crippen molar-refractivity contribution in [3.63, 3.8) is 0 Å². The molecule has 4 heterocycles. The topological polar surface area (TPSA) is 99.8 Å². The monoisotopic (exact) mass is 340 g/mol. The lowest BCUT2D eigenvalue weighted by Gasteiger charge is -2.33. The summed E-state index contributed by atoms with van der Waals surface area (Å²) in [5.41, 5.74) is 3.40. The quantitative estimate of drug-likeness (QED) is 0.707. The fraction of sp³-hybridized carbons (Fsp3) is 0.412. The van der Waals surface area contributed by atoms with E-state index in [2.05, 4.69) is 30.3 Å². The highest BCUT2D eigenvalue weighted by Gasteiger charge is 2.27. The summed E-state index contributed by atoms with van der Waals surface area (Å²) in [5.74, 6) is -0.0252. The Balaban J connectivity index is 1.50. The molecule has 1 aliphatic heterocycles. The van der Waals surface area contributed by atoms with Crippen molar-refractivity contribution in [2.45, 2.75) is 25.7 Å². The summed E-state index contributed by atoms with van der Waals surface area (Å²) in [6, 6.07) is 2.03. The molecule has 8 nitrogen and oxygen atoms in total. The number of H-pyrrole nitrogens is 2. The maximum Gasteiger partial charge on any atom is 0.356 e. The maximum absolute atomic E-state index is 12.1. The van der Waals surface area contributed by atoms with Gasteiger partial charge >= 0.3 is 5.97 Å². The van der Waals surface area contributed by atoms with Gasteiger partial charge in [-0.05, 0) is 31.7 Å². The number of anilines is 1. The fourth-order valence-corrected chi connectivity index (χ4v) is 3.52. The number of piperidine rings is 1. The van der Waals surface area contributed by atoms with Crippen LogP contribution in [0.4, 0.5) is 5.69 Å². The second kappa shape index (κ2) is 6.54. The van der Waals surface area contributed by atoms with E-state index in [-0.39, 0.29) is 5.97 Å². The van der Waals surface area contributed by atoms with Crippen LogP contribution < -0.4 is 4.90 Å². The highest BCUT2D eigenvalue weighted by molar-refractivity contribution is 5.89. The molecule has 3 aromatic heterocycles. The molecule has 0 amide bonds. The van der Waals surface area contributed by atoms with E-state index in [1.807, 2.05) is 12.3 Å². The average molecular weight is 340 g/mol. The molecule has 0 saturated carbocycles. The first-order valence-corrected chi connectivity index (χ1v) is 8.51. The molecule has 1 saturated heterocycles. The van der Waals surface area contributed by atoms with Gasteiger partial charge in [0.15, 0.2) is 5.65 Å². The number of rotatable bonds is 4. The fourth-order valence-electron chi connectivity index (χ4n) is 3.52. The molecule has 4 rings (SSSR count). The van der Waals surface area contributed by atoms with Gasteiger partial charge in [0.25, 0.3) is 0 Å². The van der Waals surface area contributed by atoms with E-state index in [4.69, 9.17) is 4.74 Å². The summed E-state index contributed by atoms with van der Waals surface area (Å²) < 4.78 is 5.11. The van der Waals surface area contributed by atoms with Crippen LogP contribution in [0.1, 0.15) is 41.7 Å². The Morgan fingerprint density at radius 1 is 1.28 bits per heavy atom. The Labute approximate surface area is 144 Å². The third-order valence-electron chi connectivity index (χ3n) is 4.75. The van der Waals surface area contributed by atoms with E-state index in [0.29, 0.717) is 18.2 Å². The van der Waals surface area contributed by atoms with Crippen molar-refractivity contribution in [3.05, 3.63) is 35.9 Å². The van der Waals surface area contributed by atoms with Crippen LogP contribution in [0.15, 0.2) is 24.7 Å². The second-order valence-corrected chi connectivity index (χ2v) is 6.14. The predicted molar refractivity (Wildman–Crippen MR) is 92.6 cm³/mol. The van der Waals surface area contributed by atoms with E-state index in [9.17, 15) is 4.79 Å². The molecule has 25 heavy (non-hydrogen) atoms. The number of nitrogens with zero attached hydrogens (tertiary/aromatic N) is 4. The van der Waals surface area contributed by atoms with Crippen LogP contribution in [-0.2, 0) is 4.74 Å². The van der Waals surface area contributed by atoms with Gasteiger partial charge in [0, 0.05) is 24.8 Å². The highest BCUT2D eigenvalue weighted by atomic mass is 16.5. The van der Waals surface area contributed by atoms with Gasteiger partial charge in [-0.3, -0.25) is 10.2 Å². The summed E-state index contributed by atoms with van der Waals surface area (Å²) in [6.07, 6.45) is 7.28. The summed E-state index contributed by atoms with van der Waals surface area (Å²) in [7, 11) is 0. The van der Waals surface area contributed by atoms with Crippen LogP contribution in [0.25, 0.3) is 11.0 Å². The minimum Gasteiger partial charge on any atom is -0.461 e. The largest absolute Gasteiger partial charge is 0.461 e. The van der Waals surface area contributed by atoms with E-state index in [1.165, 1.54) is 0 Å². The molecule has 0 aromatic carbocycles. The van der Waals surface area contributed by atoms with E-state index < -0.39 is 0 Å². The number of carbonyl (C=O) groups is 1. The molecular formula is C17H20N6O2. The van der Waals surface area contributed by atoms with Gasteiger partial charge in [-0.25, -0.2) is 9.78 Å². The Kier molecular flexibility index (Phi) is 4.09. The van der Waals surface area contributed by atoms with Crippen molar-refractivity contribution in [2.75, 3.05) is 24.6 Å². The smallest absolute Gasteiger partial charge is 0.356 e. The second-order valence-electron chi connectivity index (χ2n) is 6.14. The number of aromatic amines is 2. The minimum absolute atomic E-state index is 0.302. The number of fused-ring (bicyclic) bond motifs is 1. The van der Waals surface area contributed by atoms with Crippen molar-refractivity contribution < 1.29 is 9.53 Å². The zero-order valence-electron chi connectivity index (χ0n) is 14.0. The molecule has 1 fully saturated rings. The Bertz CT molecular complexity index is 878. The summed E-state index contributed by atoms with van der Waals surface area (Å²) in [5, 5.41) is 14.9. The Hall–Kier alpha value is -2.90. The lowest BCUT2D eigenvalue weighted by atomic mass is 9.89. The molecule has 130 valence electrons. The van der Waals surface area contributed by atoms with Crippen LogP contribution in [-0.4, -0.2) is 51.0 Å². The summed E-state index contributed by atoms with van der Waals surface area (Å²) >= 11 is 0. The van der Waals surface area contributed by atoms with Crippen LogP contribution in [0.2, 0.25) is 0 Å². The van der Waals surface area contributed by atoms with E-state index >= 15 is 0 Å². The zero-order chi connectivity index (χ0) is 17.2. The van der Waals surface area contributed by atoms with Gasteiger partial charge < -0.3 is 9.64 Å². The third-order valence-corrected chi connectivity index (χ3v) is 4.75. The van der Waals surface area contributed by atoms with Gasteiger partial charge in [0.2, 0.25) is 0 Å². The average Bonchev–Trinajstić information content (AvgIpc) is 3.31. The molecular weight excluding hydrogens is 320 g/mol. The molecule has 0 atom stereocenters. The van der Waals surface area contributed by atoms with Gasteiger partial charge in [-0.2, -0.15) is 10.2 Å². The third kappa shape index (κ3) is 2.84. The first-order chi connectivity index (χ1) is 12.3. The lowest BCUT2D eigenvalue weighted by molar-refractivity contribution is 0.0517. The number of hydrogen-bond donors (Lipinski definition) is 2. The van der Waals surface area contributed by atoms with Crippen molar-refractivity contribution in [3.8, 4) is 0 Å². The van der Waals surface area contributed by atoms with Gasteiger partial charge in [-0.1, -0.05) is 0 Å². The van der Waals surface area contributed by atoms with Crippen LogP contribution in [0.3, 0.4) is 0 Å². The molecule has 0 unspecified atom stereocenters. The van der Waals surface area contributed by atoms with Crippen molar-refractivity contribution >= 4 is 22.7 Å². The standard InChI is InChI=1S/C17H20N6O2/c1-2-25-17(24)15-12(9-19-21-15)11-4-7-23(8-5-11)14-3-6-18-16-13(14)10-20-22-16/h3,6,9-11H,2,4-5,7-8H2,1H3,(H,19,21)(H,18,20,22). The lowest BCUT2D eigenvalue weighted by Crippen LogP contribution is -2.33. The number of esters is 1. The summed E-state index contributed by atoms with van der Waals surface area (Å²) in [6.45, 7) is 3.97. The van der Waals surface area contributed by atoms with Crippen molar-refractivity contribution in [1.29, 1.82) is 0 Å². The van der Waals surface area contributed by atoms with Gasteiger partial charge in [0.05, 0.1) is 30.1 Å². The molecule has 0 radical (unpaired) electrons. The van der Waals surface area contributed by atoms with Gasteiger partial charge in [0.1, 0.15) is 5.69 Å². The number of ether oxygens (including phenoxy) is 1. The first-order valence-electron chi connectivity index (χ1n) is 8.51.